The number of ether oxygens (including phenoxy) is 1. The van der Waals surface area contributed by atoms with E-state index in [1.165, 1.54) is 0 Å². The third-order valence-electron chi connectivity index (χ3n) is 4.98. The van der Waals surface area contributed by atoms with Crippen LogP contribution in [0.3, 0.4) is 0 Å². The van der Waals surface area contributed by atoms with E-state index in [-0.39, 0.29) is 30.9 Å². The molecule has 2 fully saturated rings. The topological polar surface area (TPSA) is 87.2 Å². The van der Waals surface area contributed by atoms with Crippen molar-refractivity contribution in [3.05, 3.63) is 35.9 Å². The van der Waals surface area contributed by atoms with Crippen molar-refractivity contribution < 1.29 is 24.2 Å². The molecule has 1 aromatic carbocycles. The van der Waals surface area contributed by atoms with Crippen molar-refractivity contribution in [3.63, 3.8) is 0 Å². The first-order valence-corrected chi connectivity index (χ1v) is 8.99. The largest absolute Gasteiger partial charge is 0.479 e. The van der Waals surface area contributed by atoms with E-state index < -0.39 is 12.1 Å². The van der Waals surface area contributed by atoms with E-state index in [2.05, 4.69) is 0 Å². The fraction of sp³-hybridized carbons (Fsp3) is 0.526. The minimum absolute atomic E-state index is 0.0269. The number of rotatable bonds is 4. The third kappa shape index (κ3) is 4.40. The molecule has 2 aliphatic rings. The molecule has 2 amide bonds. The van der Waals surface area contributed by atoms with Crippen LogP contribution in [0.2, 0.25) is 0 Å². The first-order chi connectivity index (χ1) is 12.5. The number of aliphatic carboxylic acids is 1. The van der Waals surface area contributed by atoms with Gasteiger partial charge in [-0.3, -0.25) is 9.59 Å². The zero-order valence-corrected chi connectivity index (χ0v) is 14.7. The molecule has 3 rings (SSSR count). The number of carbonyl (C=O) groups is 3. The lowest BCUT2D eigenvalue weighted by Gasteiger charge is -2.37. The molecular formula is C19H24N2O5. The number of carboxylic acids is 1. The van der Waals surface area contributed by atoms with Gasteiger partial charge in [-0.15, -0.1) is 0 Å². The van der Waals surface area contributed by atoms with Gasteiger partial charge in [0.25, 0.3) is 0 Å². The SMILES string of the molecule is O=C(O)C1CN(C(=O)C2CCCN(C(=O)Cc3ccccc3)C2)CCO1. The second-order valence-corrected chi connectivity index (χ2v) is 6.82. The predicted molar refractivity (Wildman–Crippen MR) is 93.4 cm³/mol. The summed E-state index contributed by atoms with van der Waals surface area (Å²) >= 11 is 0. The van der Waals surface area contributed by atoms with Gasteiger partial charge >= 0.3 is 5.97 Å². The fourth-order valence-corrected chi connectivity index (χ4v) is 3.54. The molecule has 0 aliphatic carbocycles. The maximum Gasteiger partial charge on any atom is 0.334 e. The molecule has 2 unspecified atom stereocenters. The Hall–Kier alpha value is -2.41. The van der Waals surface area contributed by atoms with Crippen molar-refractivity contribution in [1.82, 2.24) is 9.80 Å². The highest BCUT2D eigenvalue weighted by atomic mass is 16.5. The normalized spacial score (nSPS) is 23.5. The molecule has 0 spiro atoms. The Balaban J connectivity index is 1.58. The number of benzene rings is 1. The smallest absolute Gasteiger partial charge is 0.334 e. The van der Waals surface area contributed by atoms with Gasteiger partial charge in [-0.1, -0.05) is 30.3 Å². The van der Waals surface area contributed by atoms with Gasteiger partial charge in [0.05, 0.1) is 25.5 Å². The highest BCUT2D eigenvalue weighted by molar-refractivity contribution is 5.83. The summed E-state index contributed by atoms with van der Waals surface area (Å²) in [6, 6.07) is 9.57. The van der Waals surface area contributed by atoms with Crippen molar-refractivity contribution in [2.24, 2.45) is 5.92 Å². The Kier molecular flexibility index (Phi) is 5.88. The van der Waals surface area contributed by atoms with Gasteiger partial charge in [0, 0.05) is 19.6 Å². The lowest BCUT2D eigenvalue weighted by molar-refractivity contribution is -0.161. The van der Waals surface area contributed by atoms with E-state index in [9.17, 15) is 14.4 Å². The lowest BCUT2D eigenvalue weighted by atomic mass is 9.95. The molecule has 2 atom stereocenters. The number of likely N-dealkylation sites (tertiary alicyclic amines) is 1. The quantitative estimate of drug-likeness (QED) is 0.857. The van der Waals surface area contributed by atoms with Crippen molar-refractivity contribution in [2.75, 3.05) is 32.8 Å². The molecule has 0 bridgehead atoms. The van der Waals surface area contributed by atoms with Crippen LogP contribution < -0.4 is 0 Å². The number of hydrogen-bond donors (Lipinski definition) is 1. The lowest BCUT2D eigenvalue weighted by Crippen LogP contribution is -2.53. The molecule has 1 aromatic rings. The monoisotopic (exact) mass is 360 g/mol. The summed E-state index contributed by atoms with van der Waals surface area (Å²) in [5.74, 6) is -1.36. The van der Waals surface area contributed by atoms with Gasteiger partial charge < -0.3 is 19.6 Å². The zero-order valence-electron chi connectivity index (χ0n) is 14.7. The van der Waals surface area contributed by atoms with Gasteiger partial charge in [0.2, 0.25) is 11.8 Å². The van der Waals surface area contributed by atoms with Crippen molar-refractivity contribution in [2.45, 2.75) is 25.4 Å². The van der Waals surface area contributed by atoms with Gasteiger partial charge in [-0.05, 0) is 18.4 Å². The Morgan fingerprint density at radius 3 is 2.58 bits per heavy atom. The molecule has 26 heavy (non-hydrogen) atoms. The first-order valence-electron chi connectivity index (χ1n) is 8.99. The van der Waals surface area contributed by atoms with Crippen LogP contribution in [-0.2, 0) is 25.5 Å². The number of carbonyl (C=O) groups excluding carboxylic acids is 2. The van der Waals surface area contributed by atoms with Gasteiger partial charge in [0.15, 0.2) is 6.10 Å². The number of nitrogens with zero attached hydrogens (tertiary/aromatic N) is 2. The van der Waals surface area contributed by atoms with E-state index in [4.69, 9.17) is 9.84 Å². The number of carboxylic acid groups (broad SMARTS) is 1. The zero-order chi connectivity index (χ0) is 18.5. The summed E-state index contributed by atoms with van der Waals surface area (Å²) in [7, 11) is 0. The maximum atomic E-state index is 12.8. The molecule has 7 nitrogen and oxygen atoms in total. The highest BCUT2D eigenvalue weighted by Crippen LogP contribution is 2.21. The number of amides is 2. The van der Waals surface area contributed by atoms with E-state index in [1.807, 2.05) is 30.3 Å². The maximum absolute atomic E-state index is 12.8. The van der Waals surface area contributed by atoms with Gasteiger partial charge in [0.1, 0.15) is 0 Å². The molecule has 2 saturated heterocycles. The summed E-state index contributed by atoms with van der Waals surface area (Å²) in [4.78, 5) is 39.8. The Morgan fingerprint density at radius 1 is 1.08 bits per heavy atom. The molecule has 0 radical (unpaired) electrons. The second-order valence-electron chi connectivity index (χ2n) is 6.82. The molecule has 2 aliphatic heterocycles. The van der Waals surface area contributed by atoms with Crippen molar-refractivity contribution >= 4 is 17.8 Å². The average molecular weight is 360 g/mol. The van der Waals surface area contributed by atoms with Gasteiger partial charge in [-0.25, -0.2) is 4.79 Å². The summed E-state index contributed by atoms with van der Waals surface area (Å²) in [6.07, 6.45) is 0.875. The molecule has 2 heterocycles. The van der Waals surface area contributed by atoms with E-state index in [0.717, 1.165) is 18.4 Å². The van der Waals surface area contributed by atoms with E-state index in [0.29, 0.717) is 26.1 Å². The molecule has 0 aromatic heterocycles. The summed E-state index contributed by atoms with van der Waals surface area (Å²) < 4.78 is 5.17. The van der Waals surface area contributed by atoms with Crippen LogP contribution in [0.5, 0.6) is 0 Å². The third-order valence-corrected chi connectivity index (χ3v) is 4.98. The van der Waals surface area contributed by atoms with Crippen LogP contribution in [0.4, 0.5) is 0 Å². The Bertz CT molecular complexity index is 663. The Morgan fingerprint density at radius 2 is 1.85 bits per heavy atom. The summed E-state index contributed by atoms with van der Waals surface area (Å²) in [5, 5.41) is 9.09. The minimum atomic E-state index is -1.05. The van der Waals surface area contributed by atoms with Crippen molar-refractivity contribution in [3.8, 4) is 0 Å². The van der Waals surface area contributed by atoms with Crippen LogP contribution in [-0.4, -0.2) is 71.6 Å². The van der Waals surface area contributed by atoms with Crippen LogP contribution >= 0.6 is 0 Å². The van der Waals surface area contributed by atoms with Crippen LogP contribution in [0.15, 0.2) is 30.3 Å². The summed E-state index contributed by atoms with van der Waals surface area (Å²) in [6.45, 7) is 1.77. The number of piperidine rings is 1. The highest BCUT2D eigenvalue weighted by Gasteiger charge is 2.35. The van der Waals surface area contributed by atoms with Crippen molar-refractivity contribution in [1.29, 1.82) is 0 Å². The number of hydrogen-bond acceptors (Lipinski definition) is 4. The average Bonchev–Trinajstić information content (AvgIpc) is 2.68. The van der Waals surface area contributed by atoms with Crippen LogP contribution in [0, 0.1) is 5.92 Å². The molecular weight excluding hydrogens is 336 g/mol. The van der Waals surface area contributed by atoms with E-state index >= 15 is 0 Å². The number of morpholine rings is 1. The minimum Gasteiger partial charge on any atom is -0.479 e. The molecule has 0 saturated carbocycles. The van der Waals surface area contributed by atoms with Crippen LogP contribution in [0.25, 0.3) is 0 Å². The predicted octanol–water partition coefficient (Wildman–Crippen LogP) is 0.780. The molecule has 140 valence electrons. The molecule has 7 heteroatoms. The van der Waals surface area contributed by atoms with Gasteiger partial charge in [-0.2, -0.15) is 0 Å². The molecule has 1 N–H and O–H groups in total. The standard InChI is InChI=1S/C19H24N2O5/c22-17(11-14-5-2-1-3-6-14)20-8-4-7-15(12-20)18(23)21-9-10-26-16(13-21)19(24)25/h1-3,5-6,15-16H,4,7-13H2,(H,24,25). The van der Waals surface area contributed by atoms with E-state index in [1.54, 1.807) is 9.80 Å². The first kappa shape index (κ1) is 18.4. The second kappa shape index (κ2) is 8.31. The fourth-order valence-electron chi connectivity index (χ4n) is 3.54. The summed E-state index contributed by atoms with van der Waals surface area (Å²) in [5.41, 5.74) is 0.962. The Labute approximate surface area is 152 Å². The van der Waals surface area contributed by atoms with Crippen LogP contribution in [0.1, 0.15) is 18.4 Å².